The van der Waals surface area contributed by atoms with E-state index in [4.69, 9.17) is 10.8 Å². The number of fused-ring (bicyclic) bond motifs is 1. The van der Waals surface area contributed by atoms with Gasteiger partial charge in [0.05, 0.1) is 24.8 Å². The first-order chi connectivity index (χ1) is 9.52. The van der Waals surface area contributed by atoms with E-state index in [1.165, 1.54) is 0 Å². The molecule has 10 heteroatoms. The molecule has 0 amide bonds. The van der Waals surface area contributed by atoms with Crippen molar-refractivity contribution < 1.29 is 15.3 Å². The van der Waals surface area contributed by atoms with Gasteiger partial charge in [-0.15, -0.1) is 24.8 Å². The van der Waals surface area contributed by atoms with Gasteiger partial charge in [-0.2, -0.15) is 0 Å². The molecular weight excluding hydrogens is 335 g/mol. The first-order valence-electron chi connectivity index (χ1n) is 6.25. The van der Waals surface area contributed by atoms with Crippen LogP contribution in [-0.4, -0.2) is 50.1 Å². The minimum atomic E-state index is -1.08. The SMILES string of the molecule is Cl.Cl.Nc1cc2c([C@@H]3N[C@H](CO)[C@@H](O)[C@H]3O)c[nH]c2c(=O)[nH]1. The molecule has 0 spiro atoms. The van der Waals surface area contributed by atoms with Gasteiger partial charge in [0.25, 0.3) is 5.56 Å². The standard InChI is InChI=1S/C12H16N4O4.2ClH/c13-7-1-4-5(2-14-9(4)12(20)16-7)8-11(19)10(18)6(3-17)15-8;;/h1-2,6,8,10-11,14-15,17-19H,3H2,(H3,13,16,20);2*1H/t6-,8+,10-,11+;;/m1../s1. The quantitative estimate of drug-likeness (QED) is 0.369. The number of halogens is 2. The van der Waals surface area contributed by atoms with Crippen molar-refractivity contribution in [2.75, 3.05) is 12.3 Å². The molecule has 0 saturated carbocycles. The third-order valence-electron chi connectivity index (χ3n) is 3.77. The highest BCUT2D eigenvalue weighted by Crippen LogP contribution is 2.31. The van der Waals surface area contributed by atoms with Crippen LogP contribution in [0.5, 0.6) is 0 Å². The van der Waals surface area contributed by atoms with Gasteiger partial charge in [0, 0.05) is 11.6 Å². The lowest BCUT2D eigenvalue weighted by Gasteiger charge is -2.15. The van der Waals surface area contributed by atoms with Crippen molar-refractivity contribution in [1.29, 1.82) is 0 Å². The maximum Gasteiger partial charge on any atom is 0.273 e. The van der Waals surface area contributed by atoms with E-state index in [0.29, 0.717) is 16.5 Å². The molecule has 1 aliphatic rings. The smallest absolute Gasteiger partial charge is 0.273 e. The summed E-state index contributed by atoms with van der Waals surface area (Å²) in [6, 6.07) is 0.395. The van der Waals surface area contributed by atoms with Crippen LogP contribution in [0.2, 0.25) is 0 Å². The van der Waals surface area contributed by atoms with Gasteiger partial charge in [-0.3, -0.25) is 4.79 Å². The van der Waals surface area contributed by atoms with E-state index < -0.39 is 24.3 Å². The number of rotatable bonds is 2. The molecule has 3 rings (SSSR count). The Balaban J connectivity index is 0.00000121. The molecule has 8 nitrogen and oxygen atoms in total. The second-order valence-corrected chi connectivity index (χ2v) is 5.00. The molecule has 1 saturated heterocycles. The molecule has 8 N–H and O–H groups in total. The zero-order valence-corrected chi connectivity index (χ0v) is 12.9. The number of hydrogen-bond donors (Lipinski definition) is 7. The fourth-order valence-electron chi connectivity index (χ4n) is 2.73. The average molecular weight is 353 g/mol. The van der Waals surface area contributed by atoms with Crippen LogP contribution >= 0.6 is 24.8 Å². The van der Waals surface area contributed by atoms with Gasteiger partial charge < -0.3 is 36.3 Å². The summed E-state index contributed by atoms with van der Waals surface area (Å²) in [6.07, 6.45) is -0.562. The zero-order chi connectivity index (χ0) is 14.4. The van der Waals surface area contributed by atoms with Crippen LogP contribution in [0.3, 0.4) is 0 Å². The van der Waals surface area contributed by atoms with E-state index in [0.717, 1.165) is 0 Å². The molecule has 22 heavy (non-hydrogen) atoms. The van der Waals surface area contributed by atoms with E-state index in [1.807, 2.05) is 0 Å². The third kappa shape index (κ3) is 2.81. The number of aromatic nitrogens is 2. The molecule has 0 aromatic carbocycles. The van der Waals surface area contributed by atoms with E-state index in [2.05, 4.69) is 15.3 Å². The first kappa shape index (κ1) is 18.8. The Morgan fingerprint density at radius 1 is 1.23 bits per heavy atom. The maximum atomic E-state index is 11.8. The van der Waals surface area contributed by atoms with Crippen LogP contribution in [0.15, 0.2) is 17.1 Å². The van der Waals surface area contributed by atoms with Gasteiger partial charge >= 0.3 is 0 Å². The molecule has 2 aromatic rings. The average Bonchev–Trinajstić information content (AvgIpc) is 2.93. The monoisotopic (exact) mass is 352 g/mol. The molecule has 3 heterocycles. The number of nitrogen functional groups attached to an aromatic ring is 1. The second kappa shape index (κ2) is 6.86. The van der Waals surface area contributed by atoms with Crippen molar-refractivity contribution in [1.82, 2.24) is 15.3 Å². The largest absolute Gasteiger partial charge is 0.395 e. The lowest BCUT2D eigenvalue weighted by atomic mass is 10.0. The number of aliphatic hydroxyl groups is 3. The van der Waals surface area contributed by atoms with Gasteiger partial charge in [0.1, 0.15) is 17.4 Å². The predicted octanol–water partition coefficient (Wildman–Crippen LogP) is -0.991. The van der Waals surface area contributed by atoms with Crippen LogP contribution < -0.4 is 16.6 Å². The van der Waals surface area contributed by atoms with Crippen LogP contribution in [0.25, 0.3) is 10.9 Å². The predicted molar refractivity (Wildman–Crippen MR) is 86.6 cm³/mol. The van der Waals surface area contributed by atoms with E-state index in [9.17, 15) is 15.0 Å². The number of anilines is 1. The molecule has 0 bridgehead atoms. The molecule has 0 aliphatic carbocycles. The highest BCUT2D eigenvalue weighted by Gasteiger charge is 2.42. The summed E-state index contributed by atoms with van der Waals surface area (Å²) >= 11 is 0. The molecule has 2 aromatic heterocycles. The Kier molecular flexibility index (Phi) is 5.85. The summed E-state index contributed by atoms with van der Waals surface area (Å²) in [7, 11) is 0. The van der Waals surface area contributed by atoms with Gasteiger partial charge in [-0.25, -0.2) is 0 Å². The van der Waals surface area contributed by atoms with Gasteiger partial charge in [-0.1, -0.05) is 0 Å². The second-order valence-electron chi connectivity index (χ2n) is 5.00. The summed E-state index contributed by atoms with van der Waals surface area (Å²) in [5, 5.41) is 32.6. The number of H-pyrrole nitrogens is 2. The van der Waals surface area contributed by atoms with Crippen molar-refractivity contribution >= 4 is 41.5 Å². The Labute approximate surface area is 137 Å². The number of pyridine rings is 1. The number of hydrogen-bond acceptors (Lipinski definition) is 6. The summed E-state index contributed by atoms with van der Waals surface area (Å²) in [4.78, 5) is 17.1. The van der Waals surface area contributed by atoms with Crippen LogP contribution in [0, 0.1) is 0 Å². The normalized spacial score (nSPS) is 27.4. The van der Waals surface area contributed by atoms with Crippen LogP contribution in [0.1, 0.15) is 11.6 Å². The minimum Gasteiger partial charge on any atom is -0.395 e. The van der Waals surface area contributed by atoms with Crippen molar-refractivity contribution in [3.63, 3.8) is 0 Å². The van der Waals surface area contributed by atoms with Gasteiger partial charge in [0.2, 0.25) is 0 Å². The molecule has 124 valence electrons. The first-order valence-corrected chi connectivity index (χ1v) is 6.25. The van der Waals surface area contributed by atoms with E-state index in [1.54, 1.807) is 12.3 Å². The fraction of sp³-hybridized carbons (Fsp3) is 0.417. The lowest BCUT2D eigenvalue weighted by molar-refractivity contribution is 0.0196. The Bertz CT molecular complexity index is 704. The topological polar surface area (TPSA) is 147 Å². The van der Waals surface area contributed by atoms with Crippen LogP contribution in [0.4, 0.5) is 5.82 Å². The van der Waals surface area contributed by atoms with Crippen molar-refractivity contribution in [2.24, 2.45) is 0 Å². The number of nitrogens with one attached hydrogen (secondary N) is 3. The number of aliphatic hydroxyl groups excluding tert-OH is 3. The molecule has 0 radical (unpaired) electrons. The highest BCUT2D eigenvalue weighted by molar-refractivity contribution is 5.86. The van der Waals surface area contributed by atoms with E-state index >= 15 is 0 Å². The number of nitrogens with two attached hydrogens (primary N) is 1. The molecule has 1 aliphatic heterocycles. The molecule has 1 fully saturated rings. The zero-order valence-electron chi connectivity index (χ0n) is 11.3. The lowest BCUT2D eigenvalue weighted by Crippen LogP contribution is -2.35. The molecule has 0 unspecified atom stereocenters. The van der Waals surface area contributed by atoms with Crippen molar-refractivity contribution in [3.05, 3.63) is 28.2 Å². The molecule has 4 atom stereocenters. The van der Waals surface area contributed by atoms with E-state index in [-0.39, 0.29) is 42.8 Å². The fourth-order valence-corrected chi connectivity index (χ4v) is 2.73. The maximum absolute atomic E-state index is 11.8. The van der Waals surface area contributed by atoms with Crippen molar-refractivity contribution in [3.8, 4) is 0 Å². The molecular formula is C12H18Cl2N4O4. The third-order valence-corrected chi connectivity index (χ3v) is 3.77. The van der Waals surface area contributed by atoms with Gasteiger partial charge in [-0.05, 0) is 11.6 Å². The summed E-state index contributed by atoms with van der Waals surface area (Å²) < 4.78 is 0. The summed E-state index contributed by atoms with van der Waals surface area (Å²) in [5.41, 5.74) is 6.25. The summed E-state index contributed by atoms with van der Waals surface area (Å²) in [5.74, 6) is 0.218. The van der Waals surface area contributed by atoms with Gasteiger partial charge in [0.15, 0.2) is 0 Å². The highest BCUT2D eigenvalue weighted by atomic mass is 35.5. The summed E-state index contributed by atoms with van der Waals surface area (Å²) in [6.45, 7) is -0.292. The van der Waals surface area contributed by atoms with Crippen LogP contribution in [-0.2, 0) is 0 Å². The number of aromatic amines is 2. The Morgan fingerprint density at radius 2 is 1.91 bits per heavy atom. The van der Waals surface area contributed by atoms with Crippen molar-refractivity contribution in [2.45, 2.75) is 24.3 Å². The Morgan fingerprint density at radius 3 is 2.50 bits per heavy atom. The Hall–Kier alpha value is -1.29. The minimum absolute atomic E-state index is 0.